The molecule has 2 rings (SSSR count). The minimum Gasteiger partial charge on any atom is -0.497 e. The number of rotatable bonds is 4. The Balaban J connectivity index is 2.18. The molecule has 0 aliphatic heterocycles. The van der Waals surface area contributed by atoms with E-state index >= 15 is 0 Å². The van der Waals surface area contributed by atoms with E-state index in [2.05, 4.69) is 4.98 Å². The minimum absolute atomic E-state index is 0.150. The van der Waals surface area contributed by atoms with Crippen LogP contribution in [0.5, 0.6) is 11.5 Å². The minimum atomic E-state index is 0.150. The first-order valence-electron chi connectivity index (χ1n) is 5.65. The van der Waals surface area contributed by atoms with Crippen LogP contribution >= 0.6 is 23.2 Å². The van der Waals surface area contributed by atoms with Crippen molar-refractivity contribution in [1.82, 2.24) is 4.98 Å². The third-order valence-electron chi connectivity index (χ3n) is 2.51. The van der Waals surface area contributed by atoms with Crippen molar-refractivity contribution in [3.05, 3.63) is 51.8 Å². The Bertz CT molecular complexity index is 669. The zero-order valence-corrected chi connectivity index (χ0v) is 12.1. The summed E-state index contributed by atoms with van der Waals surface area (Å²) in [6.07, 6.45) is 0. The number of aromatic nitrogens is 1. The Hall–Kier alpha value is -1.96. The normalized spacial score (nSPS) is 9.90. The van der Waals surface area contributed by atoms with E-state index in [0.717, 1.165) is 0 Å². The van der Waals surface area contributed by atoms with Gasteiger partial charge in [0.1, 0.15) is 23.3 Å². The second-order valence-electron chi connectivity index (χ2n) is 3.86. The number of hydrogen-bond donors (Lipinski definition) is 0. The van der Waals surface area contributed by atoms with Crippen LogP contribution < -0.4 is 9.47 Å². The summed E-state index contributed by atoms with van der Waals surface area (Å²) in [6.45, 7) is 0.150. The molecule has 0 aliphatic carbocycles. The molecule has 0 saturated heterocycles. The molecule has 1 heterocycles. The predicted octanol–water partition coefficient (Wildman–Crippen LogP) is 3.85. The SMILES string of the molecule is COc1cc(C#N)cc(OCc2nc(Cl)ccc2Cl)c1. The number of pyridine rings is 1. The van der Waals surface area contributed by atoms with E-state index in [1.807, 2.05) is 6.07 Å². The van der Waals surface area contributed by atoms with Gasteiger partial charge in [-0.25, -0.2) is 4.98 Å². The van der Waals surface area contributed by atoms with Gasteiger partial charge in [-0.3, -0.25) is 0 Å². The molecule has 0 radical (unpaired) electrons. The molecule has 1 aromatic carbocycles. The smallest absolute Gasteiger partial charge is 0.132 e. The lowest BCUT2D eigenvalue weighted by atomic mass is 10.2. The zero-order valence-electron chi connectivity index (χ0n) is 10.6. The molecule has 0 N–H and O–H groups in total. The van der Waals surface area contributed by atoms with E-state index in [1.165, 1.54) is 7.11 Å². The molecule has 4 nitrogen and oxygen atoms in total. The number of nitrogens with zero attached hydrogens (tertiary/aromatic N) is 2. The fourth-order valence-electron chi connectivity index (χ4n) is 1.55. The van der Waals surface area contributed by atoms with Gasteiger partial charge in [0.15, 0.2) is 0 Å². The molecule has 102 valence electrons. The molecule has 0 spiro atoms. The highest BCUT2D eigenvalue weighted by molar-refractivity contribution is 6.32. The molecule has 0 atom stereocenters. The summed E-state index contributed by atoms with van der Waals surface area (Å²) in [5, 5.41) is 9.75. The second-order valence-corrected chi connectivity index (χ2v) is 4.65. The van der Waals surface area contributed by atoms with Crippen molar-refractivity contribution in [2.75, 3.05) is 7.11 Å². The Labute approximate surface area is 126 Å². The summed E-state index contributed by atoms with van der Waals surface area (Å²) in [5.41, 5.74) is 0.977. The largest absolute Gasteiger partial charge is 0.497 e. The van der Waals surface area contributed by atoms with Crippen molar-refractivity contribution >= 4 is 23.2 Å². The predicted molar refractivity (Wildman–Crippen MR) is 76.3 cm³/mol. The van der Waals surface area contributed by atoms with Crippen LogP contribution in [0.1, 0.15) is 11.3 Å². The maximum absolute atomic E-state index is 8.94. The molecule has 2 aromatic rings. The van der Waals surface area contributed by atoms with Crippen LogP contribution in [-0.2, 0) is 6.61 Å². The molecule has 0 unspecified atom stereocenters. The first-order valence-corrected chi connectivity index (χ1v) is 6.41. The fraction of sp³-hybridized carbons (Fsp3) is 0.143. The lowest BCUT2D eigenvalue weighted by molar-refractivity contribution is 0.299. The highest BCUT2D eigenvalue weighted by Gasteiger charge is 2.06. The Morgan fingerprint density at radius 1 is 1.20 bits per heavy atom. The van der Waals surface area contributed by atoms with E-state index in [0.29, 0.717) is 32.9 Å². The first kappa shape index (κ1) is 14.4. The summed E-state index contributed by atoms with van der Waals surface area (Å²) in [4.78, 5) is 4.09. The average molecular weight is 309 g/mol. The van der Waals surface area contributed by atoms with Crippen molar-refractivity contribution in [3.8, 4) is 17.6 Å². The lowest BCUT2D eigenvalue weighted by Gasteiger charge is -2.09. The second kappa shape index (κ2) is 6.47. The van der Waals surface area contributed by atoms with Gasteiger partial charge in [0.25, 0.3) is 0 Å². The van der Waals surface area contributed by atoms with Crippen LogP contribution in [0.25, 0.3) is 0 Å². The third kappa shape index (κ3) is 3.53. The topological polar surface area (TPSA) is 55.1 Å². The molecule has 0 saturated carbocycles. The summed E-state index contributed by atoms with van der Waals surface area (Å²) in [7, 11) is 1.52. The standard InChI is InChI=1S/C14H10Cl2N2O2/c1-19-10-4-9(7-17)5-11(6-10)20-8-13-12(15)2-3-14(16)18-13/h2-6H,8H2,1H3. The van der Waals surface area contributed by atoms with Crippen LogP contribution in [-0.4, -0.2) is 12.1 Å². The lowest BCUT2D eigenvalue weighted by Crippen LogP contribution is -2.00. The van der Waals surface area contributed by atoms with Crippen LogP contribution in [0.4, 0.5) is 0 Å². The first-order chi connectivity index (χ1) is 9.62. The van der Waals surface area contributed by atoms with Crippen molar-refractivity contribution in [1.29, 1.82) is 5.26 Å². The summed E-state index contributed by atoms with van der Waals surface area (Å²) in [6, 6.07) is 10.2. The molecule has 20 heavy (non-hydrogen) atoms. The monoisotopic (exact) mass is 308 g/mol. The van der Waals surface area contributed by atoms with E-state index in [9.17, 15) is 0 Å². The number of benzene rings is 1. The highest BCUT2D eigenvalue weighted by atomic mass is 35.5. The van der Waals surface area contributed by atoms with Gasteiger partial charge in [0, 0.05) is 6.07 Å². The van der Waals surface area contributed by atoms with E-state index < -0.39 is 0 Å². The molecule has 0 aliphatic rings. The number of methoxy groups -OCH3 is 1. The van der Waals surface area contributed by atoms with Gasteiger partial charge in [-0.05, 0) is 24.3 Å². The summed E-state index contributed by atoms with van der Waals surface area (Å²) >= 11 is 11.8. The van der Waals surface area contributed by atoms with Crippen LogP contribution in [0, 0.1) is 11.3 Å². The highest BCUT2D eigenvalue weighted by Crippen LogP contribution is 2.24. The molecule has 0 bridgehead atoms. The van der Waals surface area contributed by atoms with Gasteiger partial charge in [0.05, 0.1) is 29.5 Å². The van der Waals surface area contributed by atoms with E-state index in [1.54, 1.807) is 30.3 Å². The maximum atomic E-state index is 8.94. The van der Waals surface area contributed by atoms with Crippen molar-refractivity contribution < 1.29 is 9.47 Å². The Morgan fingerprint density at radius 3 is 2.65 bits per heavy atom. The molecule has 6 heteroatoms. The van der Waals surface area contributed by atoms with Gasteiger partial charge in [0.2, 0.25) is 0 Å². The quantitative estimate of drug-likeness (QED) is 0.805. The number of hydrogen-bond acceptors (Lipinski definition) is 4. The van der Waals surface area contributed by atoms with E-state index in [-0.39, 0.29) is 6.61 Å². The number of nitriles is 1. The molecular weight excluding hydrogens is 299 g/mol. The molecule has 0 fully saturated rings. The fourth-order valence-corrected chi connectivity index (χ4v) is 1.87. The van der Waals surface area contributed by atoms with Crippen LogP contribution in [0.2, 0.25) is 10.2 Å². The van der Waals surface area contributed by atoms with Gasteiger partial charge < -0.3 is 9.47 Å². The average Bonchev–Trinajstić information content (AvgIpc) is 2.47. The molecule has 0 amide bonds. The van der Waals surface area contributed by atoms with Gasteiger partial charge >= 0.3 is 0 Å². The van der Waals surface area contributed by atoms with Crippen molar-refractivity contribution in [3.63, 3.8) is 0 Å². The van der Waals surface area contributed by atoms with Crippen molar-refractivity contribution in [2.24, 2.45) is 0 Å². The molecular formula is C14H10Cl2N2O2. The third-order valence-corrected chi connectivity index (χ3v) is 3.06. The maximum Gasteiger partial charge on any atom is 0.132 e. The number of halogens is 2. The zero-order chi connectivity index (χ0) is 14.5. The Morgan fingerprint density at radius 2 is 1.95 bits per heavy atom. The van der Waals surface area contributed by atoms with Gasteiger partial charge in [-0.1, -0.05) is 23.2 Å². The van der Waals surface area contributed by atoms with Crippen LogP contribution in [0.3, 0.4) is 0 Å². The van der Waals surface area contributed by atoms with Gasteiger partial charge in [-0.15, -0.1) is 0 Å². The Kier molecular flexibility index (Phi) is 4.67. The summed E-state index contributed by atoms with van der Waals surface area (Å²) in [5.74, 6) is 1.04. The van der Waals surface area contributed by atoms with E-state index in [4.69, 9.17) is 37.9 Å². The summed E-state index contributed by atoms with van der Waals surface area (Å²) < 4.78 is 10.7. The van der Waals surface area contributed by atoms with Gasteiger partial charge in [-0.2, -0.15) is 5.26 Å². The van der Waals surface area contributed by atoms with Crippen LogP contribution in [0.15, 0.2) is 30.3 Å². The van der Waals surface area contributed by atoms with Crippen molar-refractivity contribution in [2.45, 2.75) is 6.61 Å². The number of ether oxygens (including phenoxy) is 2. The molecule has 1 aromatic heterocycles.